The molecule has 0 atom stereocenters. The first-order valence-electron chi connectivity index (χ1n) is 7.99. The minimum atomic E-state index is 0.0353. The van der Waals surface area contributed by atoms with Gasteiger partial charge in [-0.05, 0) is 25.0 Å². The Morgan fingerprint density at radius 1 is 1.19 bits per heavy atom. The van der Waals surface area contributed by atoms with E-state index in [0.717, 1.165) is 38.2 Å². The maximum absolute atomic E-state index is 12.6. The lowest BCUT2D eigenvalue weighted by atomic mass is 9.79. The number of carbonyl (C=O) groups excluding carboxylic acids is 1. The highest BCUT2D eigenvalue weighted by molar-refractivity contribution is 5.79. The summed E-state index contributed by atoms with van der Waals surface area (Å²) >= 11 is 0. The van der Waals surface area contributed by atoms with Gasteiger partial charge in [0.1, 0.15) is 5.75 Å². The number of ether oxygens (including phenoxy) is 1. The van der Waals surface area contributed by atoms with Gasteiger partial charge < -0.3 is 15.0 Å². The molecule has 1 N–H and O–H groups in total. The molecule has 1 spiro atoms. The number of carbonyl (C=O) groups is 1. The Balaban J connectivity index is 1.64. The fourth-order valence-electron chi connectivity index (χ4n) is 3.63. The largest absolute Gasteiger partial charge is 0.484 e. The zero-order valence-electron chi connectivity index (χ0n) is 12.5. The van der Waals surface area contributed by atoms with Gasteiger partial charge in [-0.1, -0.05) is 37.5 Å². The van der Waals surface area contributed by atoms with Crippen LogP contribution in [0.4, 0.5) is 0 Å². The van der Waals surface area contributed by atoms with E-state index in [0.29, 0.717) is 0 Å². The van der Waals surface area contributed by atoms with Crippen molar-refractivity contribution in [1.82, 2.24) is 10.2 Å². The van der Waals surface area contributed by atoms with Crippen LogP contribution in [0.25, 0.3) is 0 Å². The molecule has 1 amide bonds. The molecule has 2 aliphatic rings. The summed E-state index contributed by atoms with van der Waals surface area (Å²) in [6, 6.07) is 9.57. The van der Waals surface area contributed by atoms with Crippen molar-refractivity contribution in [3.63, 3.8) is 0 Å². The molecule has 1 heterocycles. The normalized spacial score (nSPS) is 21.2. The zero-order chi connectivity index (χ0) is 14.5. The lowest BCUT2D eigenvalue weighted by Crippen LogP contribution is -2.64. The minimum absolute atomic E-state index is 0.0353. The lowest BCUT2D eigenvalue weighted by molar-refractivity contribution is -0.143. The van der Waals surface area contributed by atoms with E-state index in [1.54, 1.807) is 0 Å². The molecule has 1 aliphatic heterocycles. The Morgan fingerprint density at radius 3 is 2.71 bits per heavy atom. The van der Waals surface area contributed by atoms with Gasteiger partial charge in [0, 0.05) is 19.6 Å². The van der Waals surface area contributed by atoms with Gasteiger partial charge >= 0.3 is 0 Å². The summed E-state index contributed by atoms with van der Waals surface area (Å²) < 4.78 is 5.64. The quantitative estimate of drug-likeness (QED) is 0.927. The van der Waals surface area contributed by atoms with Gasteiger partial charge in [0.15, 0.2) is 6.61 Å². The van der Waals surface area contributed by atoms with E-state index in [-0.39, 0.29) is 18.1 Å². The molecule has 0 aromatic heterocycles. The third-order valence-electron chi connectivity index (χ3n) is 4.73. The molecule has 1 aliphatic carbocycles. The number of piperazine rings is 1. The van der Waals surface area contributed by atoms with Crippen LogP contribution in [0.15, 0.2) is 30.3 Å². The minimum Gasteiger partial charge on any atom is -0.484 e. The first-order valence-corrected chi connectivity index (χ1v) is 7.99. The highest BCUT2D eigenvalue weighted by Gasteiger charge is 2.42. The van der Waals surface area contributed by atoms with Crippen molar-refractivity contribution >= 4 is 5.91 Å². The van der Waals surface area contributed by atoms with Crippen LogP contribution in [-0.2, 0) is 4.79 Å². The first-order chi connectivity index (χ1) is 10.3. The highest BCUT2D eigenvalue weighted by atomic mass is 16.5. The Bertz CT molecular complexity index is 461. The van der Waals surface area contributed by atoms with E-state index in [2.05, 4.69) is 10.2 Å². The SMILES string of the molecule is O=C(COc1ccccc1)N1CCNCC12CCCCC2. The number of nitrogens with zero attached hydrogens (tertiary/aromatic N) is 1. The number of rotatable bonds is 3. The summed E-state index contributed by atoms with van der Waals surface area (Å²) in [6.07, 6.45) is 5.99. The van der Waals surface area contributed by atoms with E-state index in [4.69, 9.17) is 4.74 Å². The third kappa shape index (κ3) is 3.21. The maximum Gasteiger partial charge on any atom is 0.261 e. The van der Waals surface area contributed by atoms with Crippen LogP contribution < -0.4 is 10.1 Å². The van der Waals surface area contributed by atoms with E-state index >= 15 is 0 Å². The number of amides is 1. The second-order valence-corrected chi connectivity index (χ2v) is 6.11. The molecule has 0 radical (unpaired) electrons. The Labute approximate surface area is 126 Å². The fraction of sp³-hybridized carbons (Fsp3) is 0.588. The van der Waals surface area contributed by atoms with Crippen LogP contribution in [0.5, 0.6) is 5.75 Å². The summed E-state index contributed by atoms with van der Waals surface area (Å²) in [5.74, 6) is 0.890. The summed E-state index contributed by atoms with van der Waals surface area (Å²) in [7, 11) is 0. The summed E-state index contributed by atoms with van der Waals surface area (Å²) in [5.41, 5.74) is 0.0353. The average Bonchev–Trinajstić information content (AvgIpc) is 2.55. The molecule has 2 fully saturated rings. The van der Waals surface area contributed by atoms with Crippen molar-refractivity contribution < 1.29 is 9.53 Å². The van der Waals surface area contributed by atoms with Gasteiger partial charge in [0.25, 0.3) is 5.91 Å². The molecular weight excluding hydrogens is 264 g/mol. The molecule has 21 heavy (non-hydrogen) atoms. The van der Waals surface area contributed by atoms with Crippen LogP contribution in [-0.4, -0.2) is 42.6 Å². The van der Waals surface area contributed by atoms with Crippen LogP contribution in [0.3, 0.4) is 0 Å². The summed E-state index contributed by atoms with van der Waals surface area (Å²) in [4.78, 5) is 14.7. The van der Waals surface area contributed by atoms with Crippen molar-refractivity contribution in [3.05, 3.63) is 30.3 Å². The Morgan fingerprint density at radius 2 is 1.95 bits per heavy atom. The van der Waals surface area contributed by atoms with Gasteiger partial charge in [-0.15, -0.1) is 0 Å². The Kier molecular flexibility index (Phi) is 4.44. The van der Waals surface area contributed by atoms with Crippen molar-refractivity contribution in [3.8, 4) is 5.75 Å². The smallest absolute Gasteiger partial charge is 0.261 e. The number of para-hydroxylation sites is 1. The van der Waals surface area contributed by atoms with Gasteiger partial charge in [0.2, 0.25) is 0 Å². The number of hydrogen-bond donors (Lipinski definition) is 1. The topological polar surface area (TPSA) is 41.6 Å². The number of benzene rings is 1. The monoisotopic (exact) mass is 288 g/mol. The molecule has 4 heteroatoms. The van der Waals surface area contributed by atoms with Crippen molar-refractivity contribution in [2.45, 2.75) is 37.6 Å². The average molecular weight is 288 g/mol. The molecule has 0 bridgehead atoms. The van der Waals surface area contributed by atoms with Crippen LogP contribution in [0, 0.1) is 0 Å². The van der Waals surface area contributed by atoms with Gasteiger partial charge in [0.05, 0.1) is 5.54 Å². The predicted octanol–water partition coefficient (Wildman–Crippen LogP) is 2.20. The molecule has 0 unspecified atom stereocenters. The van der Waals surface area contributed by atoms with E-state index < -0.39 is 0 Å². The Hall–Kier alpha value is -1.55. The van der Waals surface area contributed by atoms with E-state index in [9.17, 15) is 4.79 Å². The second-order valence-electron chi connectivity index (χ2n) is 6.11. The highest BCUT2D eigenvalue weighted by Crippen LogP contribution is 2.34. The van der Waals surface area contributed by atoms with Gasteiger partial charge in [-0.2, -0.15) is 0 Å². The third-order valence-corrected chi connectivity index (χ3v) is 4.73. The van der Waals surface area contributed by atoms with Crippen LogP contribution >= 0.6 is 0 Å². The van der Waals surface area contributed by atoms with Crippen molar-refractivity contribution in [2.24, 2.45) is 0 Å². The first kappa shape index (κ1) is 14.4. The molecule has 1 aromatic carbocycles. The molecular formula is C17H24N2O2. The van der Waals surface area contributed by atoms with Crippen LogP contribution in [0.2, 0.25) is 0 Å². The molecule has 1 saturated heterocycles. The summed E-state index contributed by atoms with van der Waals surface area (Å²) in [6.45, 7) is 2.77. The standard InChI is InChI=1S/C17H24N2O2/c20-16(13-21-15-7-3-1-4-8-15)19-12-11-18-14-17(19)9-5-2-6-10-17/h1,3-4,7-8,18H,2,5-6,9-14H2. The van der Waals surface area contributed by atoms with Crippen LogP contribution in [0.1, 0.15) is 32.1 Å². The lowest BCUT2D eigenvalue weighted by Gasteiger charge is -2.49. The molecule has 4 nitrogen and oxygen atoms in total. The van der Waals surface area contributed by atoms with Crippen molar-refractivity contribution in [1.29, 1.82) is 0 Å². The molecule has 3 rings (SSSR count). The number of nitrogens with one attached hydrogen (secondary N) is 1. The summed E-state index contributed by atoms with van der Waals surface area (Å²) in [5, 5.41) is 3.47. The fourth-order valence-corrected chi connectivity index (χ4v) is 3.63. The molecule has 1 aromatic rings. The van der Waals surface area contributed by atoms with E-state index in [1.165, 1.54) is 19.3 Å². The maximum atomic E-state index is 12.6. The van der Waals surface area contributed by atoms with Crippen molar-refractivity contribution in [2.75, 3.05) is 26.2 Å². The number of hydrogen-bond acceptors (Lipinski definition) is 3. The van der Waals surface area contributed by atoms with Gasteiger partial charge in [-0.25, -0.2) is 0 Å². The molecule has 1 saturated carbocycles. The second kappa shape index (κ2) is 6.48. The zero-order valence-corrected chi connectivity index (χ0v) is 12.5. The molecule has 114 valence electrons. The van der Waals surface area contributed by atoms with E-state index in [1.807, 2.05) is 30.3 Å². The van der Waals surface area contributed by atoms with Gasteiger partial charge in [-0.3, -0.25) is 4.79 Å². The predicted molar refractivity (Wildman–Crippen MR) is 82.3 cm³/mol.